The average molecular weight is 456 g/mol. The minimum Gasteiger partial charge on any atom is -0.497 e. The number of carbonyl (C=O) groups excluding carboxylic acids is 1. The second kappa shape index (κ2) is 10.9. The molecule has 0 aliphatic heterocycles. The number of methoxy groups -OCH3 is 1. The number of nitrogens with one attached hydrogen (secondary N) is 1. The number of rotatable bonds is 10. The summed E-state index contributed by atoms with van der Waals surface area (Å²) >= 11 is 1.44. The summed E-state index contributed by atoms with van der Waals surface area (Å²) in [6.45, 7) is 1.80. The molecular weight excluding hydrogens is 430 g/mol. The first-order valence-corrected chi connectivity index (χ1v) is 11.3. The van der Waals surface area contributed by atoms with Gasteiger partial charge in [0.05, 0.1) is 7.11 Å². The third kappa shape index (κ3) is 5.91. The van der Waals surface area contributed by atoms with Gasteiger partial charge in [-0.1, -0.05) is 30.3 Å². The first-order chi connectivity index (χ1) is 15.4. The van der Waals surface area contributed by atoms with Crippen LogP contribution in [0.25, 0.3) is 11.0 Å². The first kappa shape index (κ1) is 23.4. The van der Waals surface area contributed by atoms with E-state index in [-0.39, 0.29) is 18.6 Å². The fraction of sp³-hybridized carbons (Fsp3) is 0.292. The van der Waals surface area contributed by atoms with Crippen LogP contribution in [0.4, 0.5) is 0 Å². The Hall–Kier alpha value is -3.26. The maximum atomic E-state index is 12.4. The van der Waals surface area contributed by atoms with Crippen LogP contribution in [-0.2, 0) is 21.8 Å². The Kier molecular flexibility index (Phi) is 7.94. The van der Waals surface area contributed by atoms with Gasteiger partial charge in [0.2, 0.25) is 5.91 Å². The molecule has 0 saturated carbocycles. The van der Waals surface area contributed by atoms with Gasteiger partial charge in [-0.05, 0) is 36.6 Å². The van der Waals surface area contributed by atoms with Gasteiger partial charge in [0, 0.05) is 34.9 Å². The van der Waals surface area contributed by atoms with E-state index in [1.165, 1.54) is 18.9 Å². The molecule has 3 aromatic rings. The van der Waals surface area contributed by atoms with Crippen molar-refractivity contribution in [1.82, 2.24) is 5.32 Å². The number of carbonyl (C=O) groups is 2. The molecule has 0 fully saturated rings. The van der Waals surface area contributed by atoms with Crippen LogP contribution < -0.4 is 15.7 Å². The minimum absolute atomic E-state index is 0.0135. The third-order valence-electron chi connectivity index (χ3n) is 5.13. The van der Waals surface area contributed by atoms with Crippen molar-refractivity contribution < 1.29 is 23.8 Å². The van der Waals surface area contributed by atoms with Crippen LogP contribution in [0.1, 0.15) is 23.1 Å². The molecule has 1 amide bonds. The molecular formula is C24H25NO6S. The maximum Gasteiger partial charge on any atom is 0.339 e. The Morgan fingerprint density at radius 1 is 1.19 bits per heavy atom. The molecule has 3 rings (SSSR count). The summed E-state index contributed by atoms with van der Waals surface area (Å²) in [5, 5.41) is 12.8. The van der Waals surface area contributed by atoms with E-state index in [4.69, 9.17) is 9.15 Å². The summed E-state index contributed by atoms with van der Waals surface area (Å²) in [4.78, 5) is 36.4. The van der Waals surface area contributed by atoms with Gasteiger partial charge in [0.15, 0.2) is 0 Å². The van der Waals surface area contributed by atoms with Gasteiger partial charge >= 0.3 is 11.6 Å². The van der Waals surface area contributed by atoms with E-state index in [1.54, 1.807) is 25.1 Å². The van der Waals surface area contributed by atoms with Gasteiger partial charge in [-0.15, -0.1) is 0 Å². The van der Waals surface area contributed by atoms with Gasteiger partial charge < -0.3 is 19.6 Å². The van der Waals surface area contributed by atoms with Crippen molar-refractivity contribution in [3.8, 4) is 5.75 Å². The second-order valence-corrected chi connectivity index (χ2v) is 8.34. The lowest BCUT2D eigenvalue weighted by Crippen LogP contribution is -2.42. The Morgan fingerprint density at radius 3 is 2.62 bits per heavy atom. The molecule has 8 heteroatoms. The van der Waals surface area contributed by atoms with Gasteiger partial charge in [0.25, 0.3) is 0 Å². The smallest absolute Gasteiger partial charge is 0.339 e. The number of carboxylic acids is 1. The van der Waals surface area contributed by atoms with E-state index in [1.807, 2.05) is 30.3 Å². The van der Waals surface area contributed by atoms with E-state index >= 15 is 0 Å². The van der Waals surface area contributed by atoms with Gasteiger partial charge in [0.1, 0.15) is 17.4 Å². The van der Waals surface area contributed by atoms with E-state index in [0.717, 1.165) is 16.5 Å². The standard InChI is InChI=1S/C24H25NO6S/c1-15-18-9-8-17(30-2)12-21(18)31-24(29)19(15)10-11-22(26)25-20(23(27)28)14-32-13-16-6-4-3-5-7-16/h3-9,12,20H,10-11,13-14H2,1-2H3,(H,25,26)(H,27,28). The van der Waals surface area contributed by atoms with Crippen molar-refractivity contribution >= 4 is 34.6 Å². The highest BCUT2D eigenvalue weighted by Crippen LogP contribution is 2.24. The van der Waals surface area contributed by atoms with Crippen molar-refractivity contribution in [2.24, 2.45) is 0 Å². The van der Waals surface area contributed by atoms with Gasteiger partial charge in [-0.2, -0.15) is 11.8 Å². The number of aryl methyl sites for hydroxylation is 1. The zero-order chi connectivity index (χ0) is 23.1. The first-order valence-electron chi connectivity index (χ1n) is 10.1. The highest BCUT2D eigenvalue weighted by atomic mass is 32.2. The average Bonchev–Trinajstić information content (AvgIpc) is 2.78. The van der Waals surface area contributed by atoms with Crippen molar-refractivity contribution in [2.45, 2.75) is 31.6 Å². The van der Waals surface area contributed by atoms with Crippen LogP contribution in [0.5, 0.6) is 5.75 Å². The lowest BCUT2D eigenvalue weighted by molar-refractivity contribution is -0.141. The molecule has 0 spiro atoms. The Bertz CT molecular complexity index is 1160. The van der Waals surface area contributed by atoms with E-state index in [9.17, 15) is 19.5 Å². The number of benzene rings is 2. The van der Waals surface area contributed by atoms with Gasteiger partial charge in [-0.3, -0.25) is 4.79 Å². The number of ether oxygens (including phenoxy) is 1. The molecule has 1 heterocycles. The van der Waals surface area contributed by atoms with Crippen LogP contribution in [0, 0.1) is 6.92 Å². The Labute approximate surface area is 189 Å². The van der Waals surface area contributed by atoms with Crippen molar-refractivity contribution in [3.05, 3.63) is 75.6 Å². The number of thioether (sulfide) groups is 1. The molecule has 0 bridgehead atoms. The largest absolute Gasteiger partial charge is 0.497 e. The molecule has 2 N–H and O–H groups in total. The predicted octanol–water partition coefficient (Wildman–Crippen LogP) is 3.55. The number of aliphatic carboxylic acids is 1. The number of hydrogen-bond donors (Lipinski definition) is 2. The quantitative estimate of drug-likeness (QED) is 0.450. The van der Waals surface area contributed by atoms with Crippen LogP contribution in [0.15, 0.2) is 57.7 Å². The van der Waals surface area contributed by atoms with Crippen molar-refractivity contribution in [1.29, 1.82) is 0 Å². The normalized spacial score (nSPS) is 11.8. The summed E-state index contributed by atoms with van der Waals surface area (Å²) < 4.78 is 10.6. The zero-order valence-electron chi connectivity index (χ0n) is 17.9. The highest BCUT2D eigenvalue weighted by molar-refractivity contribution is 7.98. The van der Waals surface area contributed by atoms with Crippen LogP contribution in [-0.4, -0.2) is 35.9 Å². The molecule has 32 heavy (non-hydrogen) atoms. The van der Waals surface area contributed by atoms with Gasteiger partial charge in [-0.25, -0.2) is 9.59 Å². The zero-order valence-corrected chi connectivity index (χ0v) is 18.7. The SMILES string of the molecule is COc1ccc2c(C)c(CCC(=O)NC(CSCc3ccccc3)C(=O)O)c(=O)oc2c1. The summed E-state index contributed by atoms with van der Waals surface area (Å²) in [5.74, 6) is -0.0324. The van der Waals surface area contributed by atoms with Crippen LogP contribution >= 0.6 is 11.8 Å². The lowest BCUT2D eigenvalue weighted by atomic mass is 10.0. The van der Waals surface area contributed by atoms with Crippen LogP contribution in [0.2, 0.25) is 0 Å². The minimum atomic E-state index is -1.09. The molecule has 0 aliphatic rings. The van der Waals surface area contributed by atoms with Crippen molar-refractivity contribution in [2.75, 3.05) is 12.9 Å². The predicted molar refractivity (Wildman–Crippen MR) is 124 cm³/mol. The number of carboxylic acid groups (broad SMARTS) is 1. The molecule has 0 aliphatic carbocycles. The molecule has 1 atom stereocenters. The fourth-order valence-corrected chi connectivity index (χ4v) is 4.35. The molecule has 168 valence electrons. The molecule has 0 radical (unpaired) electrons. The summed E-state index contributed by atoms with van der Waals surface area (Å²) in [7, 11) is 1.53. The molecule has 1 aromatic heterocycles. The topological polar surface area (TPSA) is 106 Å². The summed E-state index contributed by atoms with van der Waals surface area (Å²) in [6.07, 6.45) is 0.145. The molecule has 0 saturated heterocycles. The number of fused-ring (bicyclic) bond motifs is 1. The number of amides is 1. The van der Waals surface area contributed by atoms with E-state index in [2.05, 4.69) is 5.32 Å². The van der Waals surface area contributed by atoms with E-state index < -0.39 is 23.5 Å². The highest BCUT2D eigenvalue weighted by Gasteiger charge is 2.21. The Balaban J connectivity index is 1.60. The molecule has 2 aromatic carbocycles. The Morgan fingerprint density at radius 2 is 1.94 bits per heavy atom. The fourth-order valence-electron chi connectivity index (χ4n) is 3.34. The molecule has 1 unspecified atom stereocenters. The maximum absolute atomic E-state index is 12.4. The second-order valence-electron chi connectivity index (χ2n) is 7.31. The third-order valence-corrected chi connectivity index (χ3v) is 6.23. The monoisotopic (exact) mass is 455 g/mol. The lowest BCUT2D eigenvalue weighted by Gasteiger charge is -2.14. The van der Waals surface area contributed by atoms with Crippen LogP contribution in [0.3, 0.4) is 0 Å². The van der Waals surface area contributed by atoms with E-state index in [0.29, 0.717) is 22.6 Å². The summed E-state index contributed by atoms with van der Waals surface area (Å²) in [5.41, 5.74) is 2.14. The summed E-state index contributed by atoms with van der Waals surface area (Å²) in [6, 6.07) is 13.9. The number of hydrogen-bond acceptors (Lipinski definition) is 6. The molecule has 7 nitrogen and oxygen atoms in total. The van der Waals surface area contributed by atoms with Crippen molar-refractivity contribution in [3.63, 3.8) is 0 Å².